The molecule has 0 aliphatic carbocycles. The highest BCUT2D eigenvalue weighted by molar-refractivity contribution is 5.26. The number of hydrogen-bond acceptors (Lipinski definition) is 2. The fourth-order valence-electron chi connectivity index (χ4n) is 3.21. The van der Waals surface area contributed by atoms with E-state index in [1.165, 1.54) is 31.2 Å². The zero-order valence-corrected chi connectivity index (χ0v) is 13.2. The Morgan fingerprint density at radius 1 is 1.10 bits per heavy atom. The van der Waals surface area contributed by atoms with E-state index >= 15 is 0 Å². The normalized spacial score (nSPS) is 19.0. The highest BCUT2D eigenvalue weighted by Gasteiger charge is 2.35. The number of benzene rings is 1. The second-order valence-corrected chi connectivity index (χ2v) is 6.60. The van der Waals surface area contributed by atoms with Gasteiger partial charge in [-0.15, -0.1) is 0 Å². The number of hydrogen-bond donors (Lipinski definition) is 1. The summed E-state index contributed by atoms with van der Waals surface area (Å²) in [7, 11) is 0. The average Bonchev–Trinajstić information content (AvgIpc) is 2.48. The second kappa shape index (κ2) is 6.73. The van der Waals surface area contributed by atoms with Gasteiger partial charge in [-0.05, 0) is 57.3 Å². The summed E-state index contributed by atoms with van der Waals surface area (Å²) in [5, 5.41) is 10.8. The number of aliphatic hydroxyl groups excluding tert-OH is 1. The van der Waals surface area contributed by atoms with Crippen molar-refractivity contribution >= 4 is 0 Å². The van der Waals surface area contributed by atoms with Crippen molar-refractivity contribution in [2.24, 2.45) is 0 Å². The first-order valence-electron chi connectivity index (χ1n) is 8.07. The predicted molar refractivity (Wildman–Crippen MR) is 84.9 cm³/mol. The number of rotatable bonds is 5. The van der Waals surface area contributed by atoms with Crippen LogP contribution in [0.2, 0.25) is 0 Å². The molecule has 20 heavy (non-hydrogen) atoms. The van der Waals surface area contributed by atoms with Crippen molar-refractivity contribution in [1.29, 1.82) is 0 Å². The molecule has 0 amide bonds. The van der Waals surface area contributed by atoms with Crippen LogP contribution in [0.1, 0.15) is 63.7 Å². The van der Waals surface area contributed by atoms with Crippen molar-refractivity contribution in [3.63, 3.8) is 0 Å². The molecule has 1 fully saturated rings. The quantitative estimate of drug-likeness (QED) is 0.880. The number of likely N-dealkylation sites (tertiary alicyclic amines) is 1. The van der Waals surface area contributed by atoms with Crippen molar-refractivity contribution in [3.8, 4) is 0 Å². The number of piperidine rings is 1. The maximum Gasteiger partial charge on any atom is 0.0968 e. The number of aliphatic hydroxyl groups is 1. The third-order valence-electron chi connectivity index (χ3n) is 4.67. The molecule has 1 atom stereocenters. The van der Waals surface area contributed by atoms with Gasteiger partial charge < -0.3 is 5.11 Å². The minimum atomic E-state index is -0.420. The Morgan fingerprint density at radius 3 is 2.25 bits per heavy atom. The summed E-state index contributed by atoms with van der Waals surface area (Å²) >= 11 is 0. The Labute approximate surface area is 123 Å². The van der Waals surface area contributed by atoms with E-state index in [4.69, 9.17) is 0 Å². The molecule has 1 heterocycles. The minimum absolute atomic E-state index is 0.188. The Kier molecular flexibility index (Phi) is 5.22. The Balaban J connectivity index is 2.09. The molecule has 112 valence electrons. The monoisotopic (exact) mass is 275 g/mol. The second-order valence-electron chi connectivity index (χ2n) is 6.60. The lowest BCUT2D eigenvalue weighted by molar-refractivity contribution is -0.0208. The topological polar surface area (TPSA) is 23.5 Å². The van der Waals surface area contributed by atoms with Crippen LogP contribution >= 0.6 is 0 Å². The van der Waals surface area contributed by atoms with E-state index in [0.717, 1.165) is 25.1 Å². The molecule has 0 bridgehead atoms. The Hall–Kier alpha value is -0.860. The number of aryl methyl sites for hydroxylation is 1. The first-order valence-corrected chi connectivity index (χ1v) is 8.07. The zero-order valence-electron chi connectivity index (χ0n) is 13.2. The maximum absolute atomic E-state index is 10.8. The molecule has 1 aliphatic heterocycles. The van der Waals surface area contributed by atoms with Gasteiger partial charge in [-0.3, -0.25) is 4.90 Å². The van der Waals surface area contributed by atoms with E-state index in [9.17, 15) is 5.11 Å². The summed E-state index contributed by atoms with van der Waals surface area (Å²) in [6.45, 7) is 8.75. The standard InChI is InChI=1S/C18H29NO/c1-4-8-15-9-11-16(12-10-15)17(20)18(2,3)19-13-6-5-7-14-19/h9-12,17,20H,4-8,13-14H2,1-3H3. The van der Waals surface area contributed by atoms with Gasteiger partial charge in [0.15, 0.2) is 0 Å². The number of nitrogens with zero attached hydrogens (tertiary/aromatic N) is 1. The maximum atomic E-state index is 10.8. The Morgan fingerprint density at radius 2 is 1.70 bits per heavy atom. The van der Waals surface area contributed by atoms with Crippen molar-refractivity contribution in [2.75, 3.05) is 13.1 Å². The first kappa shape index (κ1) is 15.5. The highest BCUT2D eigenvalue weighted by atomic mass is 16.3. The van der Waals surface area contributed by atoms with Crippen molar-refractivity contribution in [2.45, 2.75) is 64.5 Å². The van der Waals surface area contributed by atoms with E-state index in [-0.39, 0.29) is 5.54 Å². The predicted octanol–water partition coefficient (Wildman–Crippen LogP) is 3.94. The van der Waals surface area contributed by atoms with Crippen LogP contribution in [0.15, 0.2) is 24.3 Å². The lowest BCUT2D eigenvalue weighted by Gasteiger charge is -2.44. The molecule has 0 spiro atoms. The summed E-state index contributed by atoms with van der Waals surface area (Å²) in [5.41, 5.74) is 2.21. The van der Waals surface area contributed by atoms with E-state index in [1.807, 2.05) is 0 Å². The molecule has 1 aromatic carbocycles. The van der Waals surface area contributed by atoms with Gasteiger partial charge in [0.2, 0.25) is 0 Å². The highest BCUT2D eigenvalue weighted by Crippen LogP contribution is 2.33. The molecule has 0 saturated carbocycles. The summed E-state index contributed by atoms with van der Waals surface area (Å²) in [6.07, 6.45) is 5.70. The lowest BCUT2D eigenvalue weighted by atomic mass is 9.87. The van der Waals surface area contributed by atoms with E-state index in [0.29, 0.717) is 0 Å². The summed E-state index contributed by atoms with van der Waals surface area (Å²) < 4.78 is 0. The summed E-state index contributed by atoms with van der Waals surface area (Å²) in [5.74, 6) is 0. The summed E-state index contributed by atoms with van der Waals surface area (Å²) in [6, 6.07) is 8.52. The smallest absolute Gasteiger partial charge is 0.0968 e. The molecule has 1 aromatic rings. The molecular weight excluding hydrogens is 246 g/mol. The van der Waals surface area contributed by atoms with Crippen molar-refractivity contribution in [3.05, 3.63) is 35.4 Å². The SMILES string of the molecule is CCCc1ccc(C(O)C(C)(C)N2CCCCC2)cc1. The van der Waals surface area contributed by atoms with Crippen LogP contribution in [0, 0.1) is 0 Å². The molecule has 1 aliphatic rings. The Bertz CT molecular complexity index is 404. The van der Waals surface area contributed by atoms with Crippen LogP contribution in [0.3, 0.4) is 0 Å². The molecule has 2 heteroatoms. The van der Waals surface area contributed by atoms with Gasteiger partial charge in [0.25, 0.3) is 0 Å². The van der Waals surface area contributed by atoms with Gasteiger partial charge in [-0.2, -0.15) is 0 Å². The van der Waals surface area contributed by atoms with Gasteiger partial charge in [0, 0.05) is 5.54 Å². The van der Waals surface area contributed by atoms with Crippen LogP contribution in [-0.2, 0) is 6.42 Å². The molecule has 0 aromatic heterocycles. The average molecular weight is 275 g/mol. The summed E-state index contributed by atoms with van der Waals surface area (Å²) in [4.78, 5) is 2.45. The van der Waals surface area contributed by atoms with Crippen LogP contribution in [0.5, 0.6) is 0 Å². The van der Waals surface area contributed by atoms with E-state index < -0.39 is 6.10 Å². The molecule has 0 radical (unpaired) electrons. The fraction of sp³-hybridized carbons (Fsp3) is 0.667. The van der Waals surface area contributed by atoms with Gasteiger partial charge in [-0.25, -0.2) is 0 Å². The van der Waals surface area contributed by atoms with Crippen LogP contribution in [0.25, 0.3) is 0 Å². The first-order chi connectivity index (χ1) is 9.55. The van der Waals surface area contributed by atoms with Crippen LogP contribution < -0.4 is 0 Å². The van der Waals surface area contributed by atoms with Gasteiger partial charge >= 0.3 is 0 Å². The van der Waals surface area contributed by atoms with Gasteiger partial charge in [0.1, 0.15) is 0 Å². The van der Waals surface area contributed by atoms with Gasteiger partial charge in [-0.1, -0.05) is 44.0 Å². The molecule has 2 rings (SSSR count). The van der Waals surface area contributed by atoms with Crippen LogP contribution in [-0.4, -0.2) is 28.6 Å². The minimum Gasteiger partial charge on any atom is -0.386 e. The lowest BCUT2D eigenvalue weighted by Crippen LogP contribution is -2.50. The third kappa shape index (κ3) is 3.42. The molecule has 1 N–H and O–H groups in total. The third-order valence-corrected chi connectivity index (χ3v) is 4.67. The fourth-order valence-corrected chi connectivity index (χ4v) is 3.21. The van der Waals surface area contributed by atoms with E-state index in [1.54, 1.807) is 0 Å². The van der Waals surface area contributed by atoms with Crippen LogP contribution in [0.4, 0.5) is 0 Å². The molecule has 1 saturated heterocycles. The zero-order chi connectivity index (χ0) is 14.6. The van der Waals surface area contributed by atoms with Gasteiger partial charge in [0.05, 0.1) is 6.10 Å². The molecule has 1 unspecified atom stereocenters. The molecular formula is C18H29NO. The largest absolute Gasteiger partial charge is 0.386 e. The van der Waals surface area contributed by atoms with Crippen molar-refractivity contribution < 1.29 is 5.11 Å². The molecule has 2 nitrogen and oxygen atoms in total. The van der Waals surface area contributed by atoms with Crippen molar-refractivity contribution in [1.82, 2.24) is 4.90 Å². The van der Waals surface area contributed by atoms with E-state index in [2.05, 4.69) is 49.9 Å².